The van der Waals surface area contributed by atoms with Gasteiger partial charge in [0.15, 0.2) is 5.78 Å². The van der Waals surface area contributed by atoms with Crippen LogP contribution in [0, 0.1) is 5.92 Å². The molecule has 0 atom stereocenters. The van der Waals surface area contributed by atoms with Crippen LogP contribution < -0.4 is 0 Å². The number of aromatic hydroxyl groups is 1. The van der Waals surface area contributed by atoms with Crippen molar-refractivity contribution in [3.05, 3.63) is 29.8 Å². The predicted molar refractivity (Wildman–Crippen MR) is 74.0 cm³/mol. The molecule has 25 heavy (non-hydrogen) atoms. The van der Waals surface area contributed by atoms with Crippen LogP contribution in [0.3, 0.4) is 0 Å². The molecule has 0 fully saturated rings. The van der Waals surface area contributed by atoms with Gasteiger partial charge in [0.05, 0.1) is 0 Å². The van der Waals surface area contributed by atoms with E-state index in [1.807, 2.05) is 13.8 Å². The first-order valence-corrected chi connectivity index (χ1v) is 6.88. The fourth-order valence-electron chi connectivity index (χ4n) is 1.65. The van der Waals surface area contributed by atoms with E-state index in [0.29, 0.717) is 0 Å². The van der Waals surface area contributed by atoms with Crippen molar-refractivity contribution in [1.29, 1.82) is 0 Å². The molecule has 4 nitrogen and oxygen atoms in total. The average molecular weight is 372 g/mol. The Kier molecular flexibility index (Phi) is 7.81. The summed E-state index contributed by atoms with van der Waals surface area (Å²) in [4.78, 5) is 33.8. The number of alkyl halides is 6. The van der Waals surface area contributed by atoms with Crippen molar-refractivity contribution in [2.75, 3.05) is 0 Å². The Morgan fingerprint density at radius 1 is 0.880 bits per heavy atom. The summed E-state index contributed by atoms with van der Waals surface area (Å²) in [6.45, 7) is 4.00. The van der Waals surface area contributed by atoms with Gasteiger partial charge < -0.3 is 5.11 Å². The first kappa shape index (κ1) is 22.6. The second-order valence-corrected chi connectivity index (χ2v) is 4.45. The van der Waals surface area contributed by atoms with E-state index in [2.05, 4.69) is 0 Å². The molecule has 0 aliphatic heterocycles. The molecule has 1 aromatic carbocycles. The zero-order valence-corrected chi connectivity index (χ0v) is 13.0. The number of carbonyl (C=O) groups is 3. The zero-order chi connectivity index (χ0) is 20.0. The number of phenols is 1. The first-order valence-electron chi connectivity index (χ1n) is 6.88. The van der Waals surface area contributed by atoms with Crippen molar-refractivity contribution in [1.82, 2.24) is 0 Å². The monoisotopic (exact) mass is 372 g/mol. The van der Waals surface area contributed by atoms with Gasteiger partial charge in [0.25, 0.3) is 0 Å². The summed E-state index contributed by atoms with van der Waals surface area (Å²) in [5.41, 5.74) is -0.349. The van der Waals surface area contributed by atoms with Gasteiger partial charge in [-0.05, 0) is 24.3 Å². The van der Waals surface area contributed by atoms with E-state index < -0.39 is 42.0 Å². The summed E-state index contributed by atoms with van der Waals surface area (Å²) in [5, 5.41) is 8.99. The third-order valence-corrected chi connectivity index (χ3v) is 2.77. The molecule has 0 aliphatic rings. The Balaban J connectivity index is 0.00000277. The molecule has 0 amide bonds. The fourth-order valence-corrected chi connectivity index (χ4v) is 1.65. The van der Waals surface area contributed by atoms with Crippen LogP contribution >= 0.6 is 0 Å². The molecule has 0 saturated carbocycles. The number of Topliss-reactive ketones (excluding diaryl/α,β-unsaturated/α-hetero) is 3. The van der Waals surface area contributed by atoms with Gasteiger partial charge in [0.1, 0.15) is 11.7 Å². The standard InChI is InChI=1S/C13H8F6O4.C2H6/c14-12(15,16)10(22)8(11(23)13(17,18)19)5-9(21)6-1-3-7(20)4-2-6;1-2/h1-4,8,20H,5H2;1-2H3. The number of phenolic OH excluding ortho intramolecular Hbond substituents is 1. The molecule has 0 aliphatic carbocycles. The molecular formula is C15H14F6O4. The molecule has 0 radical (unpaired) electrons. The van der Waals surface area contributed by atoms with Gasteiger partial charge in [-0.3, -0.25) is 14.4 Å². The van der Waals surface area contributed by atoms with Gasteiger partial charge in [-0.2, -0.15) is 26.3 Å². The van der Waals surface area contributed by atoms with Gasteiger partial charge in [-0.1, -0.05) is 13.8 Å². The van der Waals surface area contributed by atoms with E-state index in [9.17, 15) is 40.7 Å². The number of carbonyl (C=O) groups excluding carboxylic acids is 3. The number of hydrogen-bond donors (Lipinski definition) is 1. The lowest BCUT2D eigenvalue weighted by Crippen LogP contribution is -2.42. The van der Waals surface area contributed by atoms with E-state index in [0.717, 1.165) is 24.3 Å². The zero-order valence-electron chi connectivity index (χ0n) is 13.0. The average Bonchev–Trinajstić information content (AvgIpc) is 2.52. The largest absolute Gasteiger partial charge is 0.508 e. The number of rotatable bonds is 5. The smallest absolute Gasteiger partial charge is 0.450 e. The van der Waals surface area contributed by atoms with E-state index in [4.69, 9.17) is 5.11 Å². The highest BCUT2D eigenvalue weighted by molar-refractivity contribution is 6.11. The van der Waals surface area contributed by atoms with Crippen LogP contribution in [0.1, 0.15) is 30.6 Å². The maximum atomic E-state index is 12.3. The van der Waals surface area contributed by atoms with Crippen LogP contribution in [0.4, 0.5) is 26.3 Å². The quantitative estimate of drug-likeness (QED) is 0.484. The molecule has 10 heteroatoms. The maximum absolute atomic E-state index is 12.3. The van der Waals surface area contributed by atoms with Gasteiger partial charge in [0.2, 0.25) is 11.6 Å². The molecule has 140 valence electrons. The Hall–Kier alpha value is -2.39. The molecule has 1 N–H and O–H groups in total. The summed E-state index contributed by atoms with van der Waals surface area (Å²) in [5.74, 6) is -10.6. The minimum Gasteiger partial charge on any atom is -0.508 e. The Morgan fingerprint density at radius 2 is 1.24 bits per heavy atom. The third-order valence-electron chi connectivity index (χ3n) is 2.77. The Bertz CT molecular complexity index is 590. The van der Waals surface area contributed by atoms with E-state index in [-0.39, 0.29) is 11.3 Å². The first-order chi connectivity index (χ1) is 11.3. The van der Waals surface area contributed by atoms with Crippen LogP contribution in [0.25, 0.3) is 0 Å². The molecule has 0 heterocycles. The van der Waals surface area contributed by atoms with Crippen LogP contribution in [-0.4, -0.2) is 34.8 Å². The van der Waals surface area contributed by atoms with Crippen molar-refractivity contribution >= 4 is 17.3 Å². The molecule has 0 saturated heterocycles. The summed E-state index contributed by atoms with van der Waals surface area (Å²) in [6, 6.07) is 3.81. The summed E-state index contributed by atoms with van der Waals surface area (Å²) in [7, 11) is 0. The predicted octanol–water partition coefficient (Wildman–Crippen LogP) is 3.87. The number of halogens is 6. The van der Waals surface area contributed by atoms with Gasteiger partial charge in [-0.15, -0.1) is 0 Å². The van der Waals surface area contributed by atoms with Crippen LogP contribution in [0.5, 0.6) is 5.75 Å². The molecule has 1 rings (SSSR count). The molecule has 0 unspecified atom stereocenters. The highest BCUT2D eigenvalue weighted by Gasteiger charge is 2.53. The van der Waals surface area contributed by atoms with Crippen molar-refractivity contribution in [2.45, 2.75) is 32.6 Å². The third kappa shape index (κ3) is 6.55. The van der Waals surface area contributed by atoms with Crippen LogP contribution in [0.15, 0.2) is 24.3 Å². The van der Waals surface area contributed by atoms with Crippen LogP contribution in [0.2, 0.25) is 0 Å². The molecule has 0 aromatic heterocycles. The normalized spacial score (nSPS) is 11.6. The number of hydrogen-bond acceptors (Lipinski definition) is 4. The highest BCUT2D eigenvalue weighted by atomic mass is 19.4. The lowest BCUT2D eigenvalue weighted by molar-refractivity contribution is -0.189. The van der Waals surface area contributed by atoms with Crippen molar-refractivity contribution in [2.24, 2.45) is 5.92 Å². The highest BCUT2D eigenvalue weighted by Crippen LogP contribution is 2.30. The summed E-state index contributed by atoms with van der Waals surface area (Å²) in [6.07, 6.45) is -13.0. The van der Waals surface area contributed by atoms with Crippen LogP contribution in [-0.2, 0) is 9.59 Å². The summed E-state index contributed by atoms with van der Waals surface area (Å²) < 4.78 is 74.0. The fraction of sp³-hybridized carbons (Fsp3) is 0.400. The Labute approximate surface area is 138 Å². The van der Waals surface area contributed by atoms with Crippen molar-refractivity contribution < 1.29 is 45.8 Å². The van der Waals surface area contributed by atoms with E-state index in [1.165, 1.54) is 0 Å². The minimum atomic E-state index is -5.69. The minimum absolute atomic E-state index is 0.296. The molecular weight excluding hydrogens is 358 g/mol. The molecule has 1 aromatic rings. The number of benzene rings is 1. The molecule has 0 spiro atoms. The second kappa shape index (κ2) is 8.63. The van der Waals surface area contributed by atoms with Gasteiger partial charge in [0, 0.05) is 12.0 Å². The Morgan fingerprint density at radius 3 is 1.56 bits per heavy atom. The second-order valence-electron chi connectivity index (χ2n) is 4.45. The van der Waals surface area contributed by atoms with Gasteiger partial charge in [-0.25, -0.2) is 0 Å². The molecule has 0 bridgehead atoms. The van der Waals surface area contributed by atoms with Crippen molar-refractivity contribution in [3.63, 3.8) is 0 Å². The van der Waals surface area contributed by atoms with Gasteiger partial charge >= 0.3 is 12.4 Å². The van der Waals surface area contributed by atoms with Crippen molar-refractivity contribution in [3.8, 4) is 5.75 Å². The SMILES string of the molecule is CC.O=C(CC(C(=O)C(F)(F)F)C(=O)C(F)(F)F)c1ccc(O)cc1. The lowest BCUT2D eigenvalue weighted by Gasteiger charge is -2.17. The maximum Gasteiger partial charge on any atom is 0.450 e. The topological polar surface area (TPSA) is 71.4 Å². The van der Waals surface area contributed by atoms with E-state index in [1.54, 1.807) is 0 Å². The lowest BCUT2D eigenvalue weighted by atomic mass is 9.90. The summed E-state index contributed by atoms with van der Waals surface area (Å²) >= 11 is 0. The van der Waals surface area contributed by atoms with E-state index >= 15 is 0 Å². The number of ketones is 3.